The van der Waals surface area contributed by atoms with E-state index in [1.807, 2.05) is 12.1 Å². The van der Waals surface area contributed by atoms with E-state index in [1.54, 1.807) is 0 Å². The standard InChI is InChI=1S/C33H44N2O2/c1-2-35(25-26-11-17-31(18-12-26)37-22-21-34-19-7-3-4-8-20-34)33-10-6-5-9-32(33)29-14-13-28-24-30(36)16-15-27(28)23-29/h5-6,9-12,15-18,24,29,32-33,36H,2-4,7-8,13-14,19-23,25H2,1H3/t29-,32?,33?/m1/s1. The maximum atomic E-state index is 9.88. The fourth-order valence-electron chi connectivity index (χ4n) is 6.52. The molecule has 2 aliphatic carbocycles. The normalized spacial score (nSPS) is 24.1. The first kappa shape index (κ1) is 26.1. The number of phenolic OH excluding ortho intramolecular Hbond substituents is 1. The van der Waals surface area contributed by atoms with Crippen LogP contribution in [0.25, 0.3) is 0 Å². The Morgan fingerprint density at radius 1 is 0.946 bits per heavy atom. The monoisotopic (exact) mass is 500 g/mol. The van der Waals surface area contributed by atoms with Crippen LogP contribution in [0.1, 0.15) is 55.7 Å². The summed E-state index contributed by atoms with van der Waals surface area (Å²) in [6, 6.07) is 15.1. The molecular formula is C33H44N2O2. The van der Waals surface area contributed by atoms with Crippen molar-refractivity contribution in [3.63, 3.8) is 0 Å². The van der Waals surface area contributed by atoms with Crippen molar-refractivity contribution in [3.05, 3.63) is 83.5 Å². The molecule has 4 heteroatoms. The summed E-state index contributed by atoms with van der Waals surface area (Å²) in [5.74, 6) is 2.50. The summed E-state index contributed by atoms with van der Waals surface area (Å²) in [7, 11) is 0. The number of benzene rings is 2. The van der Waals surface area contributed by atoms with Crippen LogP contribution in [0.4, 0.5) is 0 Å². The molecule has 2 unspecified atom stereocenters. The Morgan fingerprint density at radius 3 is 2.51 bits per heavy atom. The summed E-state index contributed by atoms with van der Waals surface area (Å²) in [5.41, 5.74) is 4.07. The molecule has 0 aromatic heterocycles. The molecule has 0 amide bonds. The topological polar surface area (TPSA) is 35.9 Å². The molecule has 37 heavy (non-hydrogen) atoms. The molecule has 3 atom stereocenters. The van der Waals surface area contributed by atoms with Gasteiger partial charge in [-0.25, -0.2) is 0 Å². The van der Waals surface area contributed by atoms with Gasteiger partial charge in [-0.15, -0.1) is 0 Å². The molecule has 2 aromatic carbocycles. The molecular weight excluding hydrogens is 456 g/mol. The molecule has 1 saturated heterocycles. The van der Waals surface area contributed by atoms with Gasteiger partial charge in [-0.2, -0.15) is 0 Å². The highest BCUT2D eigenvalue weighted by atomic mass is 16.5. The predicted octanol–water partition coefficient (Wildman–Crippen LogP) is 6.38. The van der Waals surface area contributed by atoms with Crippen molar-refractivity contribution in [2.75, 3.05) is 32.8 Å². The maximum absolute atomic E-state index is 9.88. The number of hydrogen-bond donors (Lipinski definition) is 1. The zero-order valence-corrected chi connectivity index (χ0v) is 22.5. The van der Waals surface area contributed by atoms with Crippen LogP contribution in [-0.2, 0) is 19.4 Å². The lowest BCUT2D eigenvalue weighted by Gasteiger charge is -2.40. The first-order valence-corrected chi connectivity index (χ1v) is 14.5. The van der Waals surface area contributed by atoms with Crippen molar-refractivity contribution >= 4 is 0 Å². The van der Waals surface area contributed by atoms with Crippen LogP contribution in [-0.4, -0.2) is 53.7 Å². The van der Waals surface area contributed by atoms with Crippen LogP contribution in [0.5, 0.6) is 11.5 Å². The SMILES string of the molecule is CCN(Cc1ccc(OCCN2CCCCCC2)cc1)C1C=CC=CC1[C@@H]1CCc2cc(O)ccc2C1. The third kappa shape index (κ3) is 6.86. The Labute approximate surface area is 223 Å². The summed E-state index contributed by atoms with van der Waals surface area (Å²) in [6.45, 7) is 8.48. The Morgan fingerprint density at radius 2 is 1.73 bits per heavy atom. The number of aromatic hydroxyl groups is 1. The summed E-state index contributed by atoms with van der Waals surface area (Å²) in [6.07, 6.45) is 18.0. The zero-order chi connectivity index (χ0) is 25.5. The second-order valence-electron chi connectivity index (χ2n) is 11.1. The van der Waals surface area contributed by atoms with Gasteiger partial charge in [0, 0.05) is 19.1 Å². The minimum atomic E-state index is 0.390. The lowest BCUT2D eigenvalue weighted by Crippen LogP contribution is -2.43. The Bertz CT molecular complexity index is 1050. The van der Waals surface area contributed by atoms with Gasteiger partial charge in [-0.1, -0.05) is 62.3 Å². The van der Waals surface area contributed by atoms with E-state index in [4.69, 9.17) is 4.74 Å². The lowest BCUT2D eigenvalue weighted by atomic mass is 9.73. The number of hydrogen-bond acceptors (Lipinski definition) is 4. The molecule has 0 radical (unpaired) electrons. The van der Waals surface area contributed by atoms with Gasteiger partial charge in [0.05, 0.1) is 0 Å². The van der Waals surface area contributed by atoms with Gasteiger partial charge in [0.15, 0.2) is 0 Å². The third-order valence-electron chi connectivity index (χ3n) is 8.66. The Balaban J connectivity index is 1.17. The van der Waals surface area contributed by atoms with Crippen LogP contribution in [0.15, 0.2) is 66.8 Å². The summed E-state index contributed by atoms with van der Waals surface area (Å²) in [4.78, 5) is 5.17. The fourth-order valence-corrected chi connectivity index (χ4v) is 6.52. The highest BCUT2D eigenvalue weighted by molar-refractivity contribution is 5.37. The van der Waals surface area contributed by atoms with Gasteiger partial charge in [0.1, 0.15) is 18.1 Å². The highest BCUT2D eigenvalue weighted by Gasteiger charge is 2.33. The average molecular weight is 501 g/mol. The third-order valence-corrected chi connectivity index (χ3v) is 8.66. The maximum Gasteiger partial charge on any atom is 0.119 e. The number of aryl methyl sites for hydroxylation is 1. The Kier molecular flexibility index (Phi) is 9.01. The first-order valence-electron chi connectivity index (χ1n) is 14.5. The van der Waals surface area contributed by atoms with E-state index in [-0.39, 0.29) is 0 Å². The number of nitrogens with zero attached hydrogens (tertiary/aromatic N) is 2. The quantitative estimate of drug-likeness (QED) is 0.433. The molecule has 0 saturated carbocycles. The number of ether oxygens (including phenoxy) is 1. The van der Waals surface area contributed by atoms with E-state index in [9.17, 15) is 5.11 Å². The smallest absolute Gasteiger partial charge is 0.119 e. The van der Waals surface area contributed by atoms with Crippen molar-refractivity contribution in [3.8, 4) is 11.5 Å². The van der Waals surface area contributed by atoms with Crippen LogP contribution >= 0.6 is 0 Å². The molecule has 1 aliphatic heterocycles. The van der Waals surface area contributed by atoms with Crippen LogP contribution < -0.4 is 4.74 Å². The van der Waals surface area contributed by atoms with Crippen LogP contribution in [0, 0.1) is 11.8 Å². The largest absolute Gasteiger partial charge is 0.508 e. The number of fused-ring (bicyclic) bond motifs is 1. The fraction of sp³-hybridized carbons (Fsp3) is 0.515. The number of allylic oxidation sites excluding steroid dienone is 2. The van der Waals surface area contributed by atoms with Gasteiger partial charge in [-0.3, -0.25) is 9.80 Å². The van der Waals surface area contributed by atoms with E-state index >= 15 is 0 Å². The van der Waals surface area contributed by atoms with Crippen molar-refractivity contribution in [1.82, 2.24) is 9.80 Å². The minimum Gasteiger partial charge on any atom is -0.508 e. The molecule has 5 rings (SSSR count). The minimum absolute atomic E-state index is 0.390. The van der Waals surface area contributed by atoms with E-state index in [2.05, 4.69) is 71.4 Å². The van der Waals surface area contributed by atoms with Gasteiger partial charge in [0.25, 0.3) is 0 Å². The molecule has 1 heterocycles. The molecule has 2 aromatic rings. The van der Waals surface area contributed by atoms with Crippen LogP contribution in [0.3, 0.4) is 0 Å². The van der Waals surface area contributed by atoms with E-state index in [0.717, 1.165) is 44.8 Å². The zero-order valence-electron chi connectivity index (χ0n) is 22.5. The highest BCUT2D eigenvalue weighted by Crippen LogP contribution is 2.37. The Hall–Kier alpha value is -2.56. The van der Waals surface area contributed by atoms with Gasteiger partial charge >= 0.3 is 0 Å². The van der Waals surface area contributed by atoms with E-state index in [0.29, 0.717) is 23.6 Å². The van der Waals surface area contributed by atoms with Gasteiger partial charge in [0.2, 0.25) is 0 Å². The molecule has 0 bridgehead atoms. The van der Waals surface area contributed by atoms with E-state index < -0.39 is 0 Å². The van der Waals surface area contributed by atoms with Crippen molar-refractivity contribution < 1.29 is 9.84 Å². The number of rotatable bonds is 9. The summed E-state index contributed by atoms with van der Waals surface area (Å²) < 4.78 is 6.09. The van der Waals surface area contributed by atoms with Crippen molar-refractivity contribution in [2.45, 2.75) is 64.5 Å². The van der Waals surface area contributed by atoms with Crippen molar-refractivity contribution in [2.24, 2.45) is 11.8 Å². The number of phenols is 1. The number of likely N-dealkylation sites (N-methyl/N-ethyl adjacent to an activating group) is 1. The second kappa shape index (κ2) is 12.8. The molecule has 4 nitrogen and oxygen atoms in total. The first-order chi connectivity index (χ1) is 18.2. The molecule has 198 valence electrons. The van der Waals surface area contributed by atoms with Gasteiger partial charge < -0.3 is 9.84 Å². The average Bonchev–Trinajstić information content (AvgIpc) is 3.21. The molecule has 1 N–H and O–H groups in total. The molecule has 0 spiro atoms. The second-order valence-corrected chi connectivity index (χ2v) is 11.1. The molecule has 1 fully saturated rings. The summed E-state index contributed by atoms with van der Waals surface area (Å²) >= 11 is 0. The van der Waals surface area contributed by atoms with E-state index in [1.165, 1.54) is 61.9 Å². The number of likely N-dealkylation sites (tertiary alicyclic amines) is 1. The van der Waals surface area contributed by atoms with Gasteiger partial charge in [-0.05, 0) is 105 Å². The summed E-state index contributed by atoms with van der Waals surface area (Å²) in [5, 5.41) is 9.88. The molecule has 3 aliphatic rings. The van der Waals surface area contributed by atoms with Crippen molar-refractivity contribution in [1.29, 1.82) is 0 Å². The predicted molar refractivity (Wildman–Crippen MR) is 152 cm³/mol. The van der Waals surface area contributed by atoms with Crippen LogP contribution in [0.2, 0.25) is 0 Å². The lowest BCUT2D eigenvalue weighted by molar-refractivity contribution is 0.154.